The van der Waals surface area contributed by atoms with Gasteiger partial charge in [0.2, 0.25) is 0 Å². The van der Waals surface area contributed by atoms with E-state index in [0.717, 1.165) is 12.5 Å². The Labute approximate surface area is 132 Å². The van der Waals surface area contributed by atoms with Crippen LogP contribution in [-0.2, 0) is 0 Å². The summed E-state index contributed by atoms with van der Waals surface area (Å²) in [6.45, 7) is 8.62. The van der Waals surface area contributed by atoms with Crippen molar-refractivity contribution in [2.75, 3.05) is 13.2 Å². The molecule has 2 aliphatic rings. The quantitative estimate of drug-likeness (QED) is 0.755. The summed E-state index contributed by atoms with van der Waals surface area (Å²) in [5.41, 5.74) is 0.707. The largest absolute Gasteiger partial charge is 0.396 e. The molecule has 0 aliphatic heterocycles. The van der Waals surface area contributed by atoms with Gasteiger partial charge in [-0.15, -0.1) is 0 Å². The fraction of sp³-hybridized carbons (Fsp3) is 1.00. The number of nitrogens with one attached hydrogen (secondary N) is 1. The Hall–Kier alpha value is -0.0800. The molecule has 0 atom stereocenters. The second-order valence-corrected chi connectivity index (χ2v) is 8.49. The molecule has 0 aromatic carbocycles. The predicted octanol–water partition coefficient (Wildman–Crippen LogP) is 4.51. The molecule has 2 fully saturated rings. The van der Waals surface area contributed by atoms with Crippen molar-refractivity contribution in [3.8, 4) is 0 Å². The zero-order valence-corrected chi connectivity index (χ0v) is 14.6. The number of hydrogen-bond acceptors (Lipinski definition) is 2. The van der Waals surface area contributed by atoms with E-state index < -0.39 is 0 Å². The molecule has 0 aromatic heterocycles. The highest BCUT2D eigenvalue weighted by molar-refractivity contribution is 4.89. The molecule has 0 saturated heterocycles. The molecule has 21 heavy (non-hydrogen) atoms. The molecule has 2 saturated carbocycles. The van der Waals surface area contributed by atoms with E-state index >= 15 is 0 Å². The van der Waals surface area contributed by atoms with Gasteiger partial charge in [0.15, 0.2) is 0 Å². The zero-order chi connectivity index (χ0) is 15.3. The molecular weight excluding hydrogens is 258 g/mol. The third kappa shape index (κ3) is 4.45. The smallest absolute Gasteiger partial charge is 0.0499 e. The Balaban J connectivity index is 1.76. The van der Waals surface area contributed by atoms with Gasteiger partial charge in [-0.3, -0.25) is 0 Å². The van der Waals surface area contributed by atoms with E-state index in [9.17, 15) is 5.11 Å². The highest BCUT2D eigenvalue weighted by Gasteiger charge is 2.34. The minimum Gasteiger partial charge on any atom is -0.396 e. The van der Waals surface area contributed by atoms with Gasteiger partial charge >= 0.3 is 0 Å². The Kier molecular flexibility index (Phi) is 6.14. The van der Waals surface area contributed by atoms with E-state index in [1.807, 2.05) is 0 Å². The number of rotatable bonds is 6. The molecule has 0 heterocycles. The lowest BCUT2D eigenvalue weighted by atomic mass is 9.68. The molecule has 0 bridgehead atoms. The van der Waals surface area contributed by atoms with Crippen molar-refractivity contribution in [3.05, 3.63) is 0 Å². The Morgan fingerprint density at radius 3 is 2.19 bits per heavy atom. The second kappa shape index (κ2) is 7.46. The molecule has 2 aliphatic carbocycles. The van der Waals surface area contributed by atoms with Crippen molar-refractivity contribution in [3.63, 3.8) is 0 Å². The minimum absolute atomic E-state index is 0.192. The molecule has 0 unspecified atom stereocenters. The van der Waals surface area contributed by atoms with Gasteiger partial charge in [0.1, 0.15) is 0 Å². The molecule has 124 valence electrons. The van der Waals surface area contributed by atoms with Crippen LogP contribution in [-0.4, -0.2) is 24.3 Å². The van der Waals surface area contributed by atoms with Crippen LogP contribution in [0.3, 0.4) is 0 Å². The van der Waals surface area contributed by atoms with Gasteiger partial charge < -0.3 is 10.4 Å². The van der Waals surface area contributed by atoms with E-state index in [2.05, 4.69) is 26.1 Å². The minimum atomic E-state index is 0.192. The van der Waals surface area contributed by atoms with Crippen LogP contribution in [0.15, 0.2) is 0 Å². The summed E-state index contributed by atoms with van der Waals surface area (Å²) in [6, 6.07) is 0.694. The average Bonchev–Trinajstić information content (AvgIpc) is 2.54. The highest BCUT2D eigenvalue weighted by atomic mass is 16.3. The van der Waals surface area contributed by atoms with Gasteiger partial charge in [0, 0.05) is 24.6 Å². The lowest BCUT2D eigenvalue weighted by molar-refractivity contribution is 0.0718. The van der Waals surface area contributed by atoms with Crippen molar-refractivity contribution in [2.45, 2.75) is 91.0 Å². The molecule has 0 aromatic rings. The number of aliphatic hydroxyl groups excluding tert-OH is 1. The summed E-state index contributed by atoms with van der Waals surface area (Å²) in [5, 5.41) is 13.6. The Morgan fingerprint density at radius 2 is 1.67 bits per heavy atom. The summed E-state index contributed by atoms with van der Waals surface area (Å²) >= 11 is 0. The Morgan fingerprint density at radius 1 is 1.05 bits per heavy atom. The third-order valence-electron chi connectivity index (χ3n) is 6.76. The summed E-state index contributed by atoms with van der Waals surface area (Å²) < 4.78 is 0. The second-order valence-electron chi connectivity index (χ2n) is 8.49. The maximum atomic E-state index is 9.81. The van der Waals surface area contributed by atoms with Crippen LogP contribution in [0.1, 0.15) is 85.0 Å². The molecular formula is C19H37NO. The van der Waals surface area contributed by atoms with Crippen LogP contribution in [0, 0.1) is 16.7 Å². The molecule has 2 N–H and O–H groups in total. The topological polar surface area (TPSA) is 32.3 Å². The van der Waals surface area contributed by atoms with Crippen molar-refractivity contribution in [1.29, 1.82) is 0 Å². The van der Waals surface area contributed by atoms with Crippen molar-refractivity contribution >= 4 is 0 Å². The monoisotopic (exact) mass is 295 g/mol. The normalized spacial score (nSPS) is 30.3. The average molecular weight is 296 g/mol. The first-order valence-corrected chi connectivity index (χ1v) is 9.35. The van der Waals surface area contributed by atoms with Gasteiger partial charge in [-0.05, 0) is 49.9 Å². The first-order chi connectivity index (χ1) is 10.0. The molecule has 0 spiro atoms. The van der Waals surface area contributed by atoms with Gasteiger partial charge in [-0.25, -0.2) is 0 Å². The van der Waals surface area contributed by atoms with Crippen LogP contribution in [0.2, 0.25) is 0 Å². The molecule has 0 amide bonds. The van der Waals surface area contributed by atoms with Crippen molar-refractivity contribution in [2.24, 2.45) is 16.7 Å². The molecule has 2 heteroatoms. The summed E-state index contributed by atoms with van der Waals surface area (Å²) in [6.07, 6.45) is 13.1. The molecule has 2 nitrogen and oxygen atoms in total. The van der Waals surface area contributed by atoms with Crippen LogP contribution in [0.25, 0.3) is 0 Å². The predicted molar refractivity (Wildman–Crippen MR) is 90.4 cm³/mol. The summed E-state index contributed by atoms with van der Waals surface area (Å²) in [7, 11) is 0. The van der Waals surface area contributed by atoms with Crippen LogP contribution < -0.4 is 5.32 Å². The van der Waals surface area contributed by atoms with Gasteiger partial charge in [0.25, 0.3) is 0 Å². The molecule has 2 rings (SSSR count). The fourth-order valence-electron chi connectivity index (χ4n) is 4.42. The number of hydrogen-bond donors (Lipinski definition) is 2. The van der Waals surface area contributed by atoms with Gasteiger partial charge in [-0.2, -0.15) is 0 Å². The van der Waals surface area contributed by atoms with E-state index in [0.29, 0.717) is 18.1 Å². The standard InChI is InChI=1S/C19H37NO/c1-4-18(2,3)16-8-10-17(11-9-16)20-14-19(15-21)12-6-5-7-13-19/h16-17,20-21H,4-15H2,1-3H3. The fourth-order valence-corrected chi connectivity index (χ4v) is 4.42. The maximum Gasteiger partial charge on any atom is 0.0499 e. The van der Waals surface area contributed by atoms with Crippen LogP contribution in [0.5, 0.6) is 0 Å². The molecule has 0 radical (unpaired) electrons. The lowest BCUT2D eigenvalue weighted by Crippen LogP contribution is -2.45. The van der Waals surface area contributed by atoms with E-state index in [1.165, 1.54) is 64.2 Å². The number of aliphatic hydroxyl groups is 1. The summed E-state index contributed by atoms with van der Waals surface area (Å²) in [4.78, 5) is 0. The SMILES string of the molecule is CCC(C)(C)C1CCC(NCC2(CO)CCCCC2)CC1. The van der Waals surface area contributed by atoms with E-state index in [4.69, 9.17) is 0 Å². The zero-order valence-electron chi connectivity index (χ0n) is 14.6. The lowest BCUT2D eigenvalue weighted by Gasteiger charge is -2.41. The maximum absolute atomic E-state index is 9.81. The highest BCUT2D eigenvalue weighted by Crippen LogP contribution is 2.41. The first-order valence-electron chi connectivity index (χ1n) is 9.35. The van der Waals surface area contributed by atoms with Crippen molar-refractivity contribution < 1.29 is 5.11 Å². The Bertz CT molecular complexity index is 299. The van der Waals surface area contributed by atoms with Crippen LogP contribution in [0.4, 0.5) is 0 Å². The first kappa shape index (κ1) is 17.3. The van der Waals surface area contributed by atoms with E-state index in [-0.39, 0.29) is 5.41 Å². The van der Waals surface area contributed by atoms with Crippen molar-refractivity contribution in [1.82, 2.24) is 5.32 Å². The van der Waals surface area contributed by atoms with Gasteiger partial charge in [0.05, 0.1) is 0 Å². The summed E-state index contributed by atoms with van der Waals surface area (Å²) in [5.74, 6) is 0.905. The third-order valence-corrected chi connectivity index (χ3v) is 6.76. The van der Waals surface area contributed by atoms with E-state index in [1.54, 1.807) is 0 Å². The van der Waals surface area contributed by atoms with Gasteiger partial charge in [-0.1, -0.05) is 46.5 Å². The van der Waals surface area contributed by atoms with Crippen LogP contribution >= 0.6 is 0 Å².